The first-order chi connectivity index (χ1) is 10.2. The summed E-state index contributed by atoms with van der Waals surface area (Å²) in [7, 11) is 1.99. The van der Waals surface area contributed by atoms with E-state index in [1.54, 1.807) is 18.3 Å². The molecule has 1 aromatic heterocycles. The molecule has 3 rings (SSSR count). The van der Waals surface area contributed by atoms with Gasteiger partial charge in [0.15, 0.2) is 0 Å². The van der Waals surface area contributed by atoms with E-state index in [-0.39, 0.29) is 5.82 Å². The zero-order valence-electron chi connectivity index (χ0n) is 12.2. The Kier molecular flexibility index (Phi) is 4.15. The fourth-order valence-electron chi connectivity index (χ4n) is 2.44. The molecule has 0 radical (unpaired) electrons. The average molecular weight is 285 g/mol. The minimum Gasteiger partial charge on any atom is -0.355 e. The third-order valence-corrected chi connectivity index (χ3v) is 3.70. The van der Waals surface area contributed by atoms with E-state index in [4.69, 9.17) is 0 Å². The first-order valence-electron chi connectivity index (χ1n) is 7.35. The number of pyridine rings is 1. The maximum absolute atomic E-state index is 13.3. The molecular weight excluding hydrogens is 265 g/mol. The molecule has 0 bridgehead atoms. The summed E-state index contributed by atoms with van der Waals surface area (Å²) in [5.41, 5.74) is 2.13. The van der Waals surface area contributed by atoms with E-state index in [0.29, 0.717) is 12.6 Å². The maximum atomic E-state index is 13.3. The quantitative estimate of drug-likeness (QED) is 0.884. The Balaban J connectivity index is 1.72. The van der Waals surface area contributed by atoms with E-state index in [1.165, 1.54) is 24.5 Å². The molecule has 3 nitrogen and oxygen atoms in total. The highest BCUT2D eigenvalue weighted by Gasteiger charge is 2.21. The highest BCUT2D eigenvalue weighted by molar-refractivity contribution is 5.46. The SMILES string of the molecule is CN(Cc1cccc(F)c1)c1ncccc1CNC1CC1. The van der Waals surface area contributed by atoms with Crippen LogP contribution in [0.2, 0.25) is 0 Å². The Morgan fingerprint density at radius 1 is 1.29 bits per heavy atom. The van der Waals surface area contributed by atoms with Crippen molar-refractivity contribution in [1.29, 1.82) is 0 Å². The first kappa shape index (κ1) is 14.0. The normalized spacial score (nSPS) is 14.2. The van der Waals surface area contributed by atoms with Crippen LogP contribution in [0.4, 0.5) is 10.2 Å². The van der Waals surface area contributed by atoms with Crippen molar-refractivity contribution in [1.82, 2.24) is 10.3 Å². The lowest BCUT2D eigenvalue weighted by atomic mass is 10.2. The predicted molar refractivity (Wildman–Crippen MR) is 82.6 cm³/mol. The van der Waals surface area contributed by atoms with Gasteiger partial charge in [0, 0.05) is 37.9 Å². The van der Waals surface area contributed by atoms with Crippen molar-refractivity contribution in [3.63, 3.8) is 0 Å². The molecule has 0 saturated heterocycles. The van der Waals surface area contributed by atoms with Crippen molar-refractivity contribution in [2.45, 2.75) is 32.0 Å². The third-order valence-electron chi connectivity index (χ3n) is 3.70. The van der Waals surface area contributed by atoms with Crippen molar-refractivity contribution in [3.05, 3.63) is 59.5 Å². The summed E-state index contributed by atoms with van der Waals surface area (Å²) in [6, 6.07) is 11.4. The molecule has 1 aromatic carbocycles. The van der Waals surface area contributed by atoms with Crippen molar-refractivity contribution in [2.75, 3.05) is 11.9 Å². The van der Waals surface area contributed by atoms with Gasteiger partial charge in [-0.05, 0) is 36.6 Å². The van der Waals surface area contributed by atoms with Crippen LogP contribution < -0.4 is 10.2 Å². The van der Waals surface area contributed by atoms with Gasteiger partial charge in [-0.3, -0.25) is 0 Å². The van der Waals surface area contributed by atoms with Crippen LogP contribution >= 0.6 is 0 Å². The topological polar surface area (TPSA) is 28.2 Å². The molecule has 1 heterocycles. The number of nitrogens with one attached hydrogen (secondary N) is 1. The van der Waals surface area contributed by atoms with Gasteiger partial charge in [-0.1, -0.05) is 18.2 Å². The summed E-state index contributed by atoms with van der Waals surface area (Å²) in [4.78, 5) is 6.56. The number of hydrogen-bond acceptors (Lipinski definition) is 3. The van der Waals surface area contributed by atoms with Crippen LogP contribution in [0.3, 0.4) is 0 Å². The smallest absolute Gasteiger partial charge is 0.133 e. The molecule has 4 heteroatoms. The summed E-state index contributed by atoms with van der Waals surface area (Å²) in [6.07, 6.45) is 4.35. The van der Waals surface area contributed by atoms with E-state index < -0.39 is 0 Å². The minimum absolute atomic E-state index is 0.197. The Bertz CT molecular complexity index is 610. The second-order valence-corrected chi connectivity index (χ2v) is 5.63. The van der Waals surface area contributed by atoms with E-state index in [2.05, 4.69) is 21.3 Å². The minimum atomic E-state index is -0.197. The number of anilines is 1. The molecule has 110 valence electrons. The second-order valence-electron chi connectivity index (χ2n) is 5.63. The molecule has 1 aliphatic rings. The van der Waals surface area contributed by atoms with Gasteiger partial charge in [0.1, 0.15) is 11.6 Å². The lowest BCUT2D eigenvalue weighted by Gasteiger charge is -2.21. The Labute approximate surface area is 124 Å². The summed E-state index contributed by atoms with van der Waals surface area (Å²) >= 11 is 0. The van der Waals surface area contributed by atoms with E-state index >= 15 is 0 Å². The van der Waals surface area contributed by atoms with Crippen LogP contribution in [0.1, 0.15) is 24.0 Å². The highest BCUT2D eigenvalue weighted by Crippen LogP contribution is 2.22. The van der Waals surface area contributed by atoms with Gasteiger partial charge in [0.25, 0.3) is 0 Å². The predicted octanol–water partition coefficient (Wildman–Crippen LogP) is 3.11. The van der Waals surface area contributed by atoms with Crippen LogP contribution in [0.5, 0.6) is 0 Å². The molecule has 21 heavy (non-hydrogen) atoms. The van der Waals surface area contributed by atoms with Crippen molar-refractivity contribution in [2.24, 2.45) is 0 Å². The van der Waals surface area contributed by atoms with Gasteiger partial charge in [-0.25, -0.2) is 9.37 Å². The van der Waals surface area contributed by atoms with Gasteiger partial charge in [-0.2, -0.15) is 0 Å². The molecule has 1 fully saturated rings. The monoisotopic (exact) mass is 285 g/mol. The molecule has 1 N–H and O–H groups in total. The Hall–Kier alpha value is -1.94. The maximum Gasteiger partial charge on any atom is 0.133 e. The standard InChI is InChI=1S/C17H20FN3/c1-21(12-13-4-2-6-15(18)10-13)17-14(5-3-9-19-17)11-20-16-7-8-16/h2-6,9-10,16,20H,7-8,11-12H2,1H3. The summed E-state index contributed by atoms with van der Waals surface area (Å²) in [6.45, 7) is 1.48. The molecule has 0 aliphatic heterocycles. The Morgan fingerprint density at radius 2 is 2.14 bits per heavy atom. The fourth-order valence-corrected chi connectivity index (χ4v) is 2.44. The van der Waals surface area contributed by atoms with Gasteiger partial charge in [0.05, 0.1) is 0 Å². The van der Waals surface area contributed by atoms with Crippen molar-refractivity contribution < 1.29 is 4.39 Å². The third kappa shape index (κ3) is 3.79. The van der Waals surface area contributed by atoms with Crippen LogP contribution in [-0.2, 0) is 13.1 Å². The van der Waals surface area contributed by atoms with Gasteiger partial charge >= 0.3 is 0 Å². The molecule has 0 unspecified atom stereocenters. The molecular formula is C17H20FN3. The first-order valence-corrected chi connectivity index (χ1v) is 7.35. The molecule has 0 amide bonds. The van der Waals surface area contributed by atoms with Gasteiger partial charge in [0.2, 0.25) is 0 Å². The summed E-state index contributed by atoms with van der Waals surface area (Å²) in [5.74, 6) is 0.757. The molecule has 1 saturated carbocycles. The summed E-state index contributed by atoms with van der Waals surface area (Å²) in [5, 5.41) is 3.51. The number of benzene rings is 1. The van der Waals surface area contributed by atoms with Crippen LogP contribution in [-0.4, -0.2) is 18.1 Å². The van der Waals surface area contributed by atoms with Crippen molar-refractivity contribution >= 4 is 5.82 Å². The van der Waals surface area contributed by atoms with E-state index in [0.717, 1.165) is 17.9 Å². The molecule has 1 aliphatic carbocycles. The number of rotatable bonds is 6. The fraction of sp³-hybridized carbons (Fsp3) is 0.353. The largest absolute Gasteiger partial charge is 0.355 e. The summed E-state index contributed by atoms with van der Waals surface area (Å²) < 4.78 is 13.3. The molecule has 2 aromatic rings. The van der Waals surface area contributed by atoms with E-state index in [1.807, 2.05) is 19.2 Å². The highest BCUT2D eigenvalue weighted by atomic mass is 19.1. The average Bonchev–Trinajstić information content (AvgIpc) is 3.29. The lowest BCUT2D eigenvalue weighted by molar-refractivity contribution is 0.625. The van der Waals surface area contributed by atoms with Crippen LogP contribution in [0, 0.1) is 5.82 Å². The van der Waals surface area contributed by atoms with Crippen molar-refractivity contribution in [3.8, 4) is 0 Å². The molecule has 0 atom stereocenters. The van der Waals surface area contributed by atoms with Crippen LogP contribution in [0.15, 0.2) is 42.6 Å². The molecule has 0 spiro atoms. The van der Waals surface area contributed by atoms with Gasteiger partial charge in [-0.15, -0.1) is 0 Å². The zero-order chi connectivity index (χ0) is 14.7. The zero-order valence-corrected chi connectivity index (χ0v) is 12.2. The Morgan fingerprint density at radius 3 is 2.90 bits per heavy atom. The van der Waals surface area contributed by atoms with Gasteiger partial charge < -0.3 is 10.2 Å². The second kappa shape index (κ2) is 6.22. The lowest BCUT2D eigenvalue weighted by Crippen LogP contribution is -2.22. The van der Waals surface area contributed by atoms with Crippen LogP contribution in [0.25, 0.3) is 0 Å². The number of halogens is 1. The number of hydrogen-bond donors (Lipinski definition) is 1. The van der Waals surface area contributed by atoms with E-state index in [9.17, 15) is 4.39 Å². The number of nitrogens with zero attached hydrogens (tertiary/aromatic N) is 2. The number of aromatic nitrogens is 1.